The van der Waals surface area contributed by atoms with Gasteiger partial charge in [-0.1, -0.05) is 45.8 Å². The molecular formula is C19H15BrCl2IN5O2. The first-order chi connectivity index (χ1) is 14.2. The van der Waals surface area contributed by atoms with Gasteiger partial charge in [0.15, 0.2) is 5.82 Å². The van der Waals surface area contributed by atoms with Crippen molar-refractivity contribution < 1.29 is 9.59 Å². The van der Waals surface area contributed by atoms with Gasteiger partial charge in [-0.3, -0.25) is 9.59 Å². The predicted octanol–water partition coefficient (Wildman–Crippen LogP) is 5.41. The second-order valence-corrected chi connectivity index (χ2v) is 9.79. The molecule has 3 rings (SSSR count). The van der Waals surface area contributed by atoms with Gasteiger partial charge < -0.3 is 10.6 Å². The van der Waals surface area contributed by atoms with Crippen molar-refractivity contribution in [2.75, 3.05) is 5.32 Å². The molecule has 7 nitrogen and oxygen atoms in total. The van der Waals surface area contributed by atoms with Crippen LogP contribution in [0.5, 0.6) is 0 Å². The average molecular weight is 623 g/mol. The first-order valence-corrected chi connectivity index (χ1v) is 11.4. The van der Waals surface area contributed by atoms with Crippen LogP contribution in [0.1, 0.15) is 33.3 Å². The molecule has 156 valence electrons. The molecule has 2 heterocycles. The van der Waals surface area contributed by atoms with E-state index in [0.717, 1.165) is 0 Å². The Morgan fingerprint density at radius 1 is 1.23 bits per heavy atom. The van der Waals surface area contributed by atoms with Crippen LogP contribution in [0.3, 0.4) is 0 Å². The molecule has 2 amide bonds. The van der Waals surface area contributed by atoms with Gasteiger partial charge in [0.1, 0.15) is 10.3 Å². The zero-order valence-corrected chi connectivity index (χ0v) is 21.0. The molecular weight excluding hydrogens is 608 g/mol. The smallest absolute Gasteiger partial charge is 0.274 e. The minimum absolute atomic E-state index is 0.110. The van der Waals surface area contributed by atoms with Gasteiger partial charge in [-0.25, -0.2) is 9.67 Å². The van der Waals surface area contributed by atoms with Gasteiger partial charge in [0.05, 0.1) is 20.3 Å². The third-order valence-corrected chi connectivity index (χ3v) is 5.18. The lowest BCUT2D eigenvalue weighted by Crippen LogP contribution is -2.29. The van der Waals surface area contributed by atoms with Gasteiger partial charge in [-0.05, 0) is 59.6 Å². The molecule has 0 aliphatic rings. The molecule has 0 saturated heterocycles. The van der Waals surface area contributed by atoms with E-state index in [9.17, 15) is 9.59 Å². The molecule has 0 saturated carbocycles. The van der Waals surface area contributed by atoms with Crippen LogP contribution in [0.15, 0.2) is 41.1 Å². The Bertz CT molecular complexity index is 1140. The van der Waals surface area contributed by atoms with Crippen molar-refractivity contribution in [1.82, 2.24) is 20.1 Å². The molecule has 2 N–H and O–H groups in total. The fourth-order valence-electron chi connectivity index (χ4n) is 2.73. The van der Waals surface area contributed by atoms with Crippen LogP contribution in [0, 0.1) is 6.92 Å². The normalized spacial score (nSPS) is 11.8. The minimum Gasteiger partial charge on any atom is -0.341 e. The molecule has 1 unspecified atom stereocenters. The van der Waals surface area contributed by atoms with Gasteiger partial charge in [0.25, 0.3) is 11.8 Å². The third kappa shape index (κ3) is 5.13. The molecule has 0 bridgehead atoms. The SMILES string of the molecule is Cc1cc(Cl)cc(C(=O)NC(C)I)c1NC(=O)c1cc(Br)nn1-c1ncccc1Cl. The molecule has 0 radical (unpaired) electrons. The number of amides is 2. The number of rotatable bonds is 5. The molecule has 0 fully saturated rings. The Morgan fingerprint density at radius 2 is 1.97 bits per heavy atom. The van der Waals surface area contributed by atoms with E-state index in [4.69, 9.17) is 23.2 Å². The Kier molecular flexibility index (Phi) is 7.38. The van der Waals surface area contributed by atoms with Crippen molar-refractivity contribution in [3.05, 3.63) is 68.0 Å². The van der Waals surface area contributed by atoms with Crippen LogP contribution in [0.4, 0.5) is 5.69 Å². The summed E-state index contributed by atoms with van der Waals surface area (Å²) >= 11 is 17.7. The maximum absolute atomic E-state index is 13.1. The number of aryl methyl sites for hydroxylation is 1. The van der Waals surface area contributed by atoms with E-state index in [1.165, 1.54) is 16.8 Å². The molecule has 11 heteroatoms. The monoisotopic (exact) mass is 621 g/mol. The number of hydrogen-bond acceptors (Lipinski definition) is 4. The van der Waals surface area contributed by atoms with E-state index in [-0.39, 0.29) is 21.2 Å². The number of nitrogens with zero attached hydrogens (tertiary/aromatic N) is 3. The fraction of sp³-hybridized carbons (Fsp3) is 0.158. The average Bonchev–Trinajstić information content (AvgIpc) is 3.05. The van der Waals surface area contributed by atoms with Crippen molar-refractivity contribution >= 4 is 79.2 Å². The molecule has 0 spiro atoms. The van der Waals surface area contributed by atoms with Crippen LogP contribution < -0.4 is 10.6 Å². The summed E-state index contributed by atoms with van der Waals surface area (Å²) in [6.45, 7) is 3.59. The first kappa shape index (κ1) is 23.0. The summed E-state index contributed by atoms with van der Waals surface area (Å²) in [6, 6.07) is 8.06. The van der Waals surface area contributed by atoms with Gasteiger partial charge in [0.2, 0.25) is 0 Å². The summed E-state index contributed by atoms with van der Waals surface area (Å²) in [5.74, 6) is -0.531. The summed E-state index contributed by atoms with van der Waals surface area (Å²) in [5, 5.41) is 10.6. The van der Waals surface area contributed by atoms with Crippen molar-refractivity contribution in [2.45, 2.75) is 17.9 Å². The summed E-state index contributed by atoms with van der Waals surface area (Å²) in [4.78, 5) is 30.0. The highest BCUT2D eigenvalue weighted by atomic mass is 127. The molecule has 30 heavy (non-hydrogen) atoms. The lowest BCUT2D eigenvalue weighted by atomic mass is 10.1. The quantitative estimate of drug-likeness (QED) is 0.226. The van der Waals surface area contributed by atoms with E-state index in [0.29, 0.717) is 31.7 Å². The maximum atomic E-state index is 13.1. The van der Waals surface area contributed by atoms with E-state index in [2.05, 4.69) is 59.2 Å². The number of carbonyl (C=O) groups excluding carboxylic acids is 2. The number of anilines is 1. The fourth-order valence-corrected chi connectivity index (χ4v) is 3.87. The predicted molar refractivity (Wildman–Crippen MR) is 129 cm³/mol. The standard InChI is InChI=1S/C19H15BrCl2IN5O2/c1-9-6-11(21)7-12(18(29)25-10(2)23)16(9)26-19(30)14-8-15(20)27-28(14)17-13(22)4-3-5-24-17/h3-8,10H,1-2H3,(H,25,29)(H,26,30). The van der Waals surface area contributed by atoms with Crippen molar-refractivity contribution in [3.8, 4) is 5.82 Å². The van der Waals surface area contributed by atoms with Crippen molar-refractivity contribution in [1.29, 1.82) is 0 Å². The molecule has 1 atom stereocenters. The number of benzene rings is 1. The van der Waals surface area contributed by atoms with Gasteiger partial charge in [-0.2, -0.15) is 5.10 Å². The van der Waals surface area contributed by atoms with E-state index in [1.807, 2.05) is 6.92 Å². The lowest BCUT2D eigenvalue weighted by molar-refractivity contribution is 0.0954. The van der Waals surface area contributed by atoms with Crippen molar-refractivity contribution in [2.24, 2.45) is 0 Å². The van der Waals surface area contributed by atoms with Crippen LogP contribution in [-0.4, -0.2) is 30.6 Å². The van der Waals surface area contributed by atoms with Crippen molar-refractivity contribution in [3.63, 3.8) is 0 Å². The number of aromatic nitrogens is 3. The topological polar surface area (TPSA) is 88.9 Å². The molecule has 0 aliphatic carbocycles. The third-order valence-electron chi connectivity index (χ3n) is 3.97. The van der Waals surface area contributed by atoms with Gasteiger partial charge in [-0.15, -0.1) is 0 Å². The van der Waals surface area contributed by atoms with Crippen LogP contribution in [-0.2, 0) is 0 Å². The Balaban J connectivity index is 2.02. The highest BCUT2D eigenvalue weighted by Crippen LogP contribution is 2.28. The zero-order valence-electron chi connectivity index (χ0n) is 15.7. The minimum atomic E-state index is -0.489. The summed E-state index contributed by atoms with van der Waals surface area (Å²) < 4.78 is 1.65. The van der Waals surface area contributed by atoms with Crippen LogP contribution in [0.25, 0.3) is 5.82 Å². The van der Waals surface area contributed by atoms with Crippen LogP contribution in [0.2, 0.25) is 10.0 Å². The molecule has 3 aromatic rings. The Labute approximate surface area is 204 Å². The largest absolute Gasteiger partial charge is 0.341 e. The van der Waals surface area contributed by atoms with E-state index < -0.39 is 5.91 Å². The first-order valence-electron chi connectivity index (χ1n) is 8.60. The maximum Gasteiger partial charge on any atom is 0.274 e. The summed E-state index contributed by atoms with van der Waals surface area (Å²) in [7, 11) is 0. The zero-order chi connectivity index (χ0) is 22.0. The van der Waals surface area contributed by atoms with Gasteiger partial charge in [0, 0.05) is 17.3 Å². The van der Waals surface area contributed by atoms with Gasteiger partial charge >= 0.3 is 0 Å². The second-order valence-electron chi connectivity index (χ2n) is 6.26. The number of halogens is 4. The molecule has 0 aliphatic heterocycles. The lowest BCUT2D eigenvalue weighted by Gasteiger charge is -2.16. The summed E-state index contributed by atoms with van der Waals surface area (Å²) in [5.41, 5.74) is 1.45. The van der Waals surface area contributed by atoms with Crippen LogP contribution >= 0.6 is 61.7 Å². The van der Waals surface area contributed by atoms with E-state index >= 15 is 0 Å². The number of nitrogens with one attached hydrogen (secondary N) is 2. The second kappa shape index (κ2) is 9.63. The number of hydrogen-bond donors (Lipinski definition) is 2. The Hall–Kier alpha value is -1.69. The molecule has 1 aromatic carbocycles. The highest BCUT2D eigenvalue weighted by molar-refractivity contribution is 14.1. The Morgan fingerprint density at radius 3 is 2.63 bits per heavy atom. The number of alkyl halides is 1. The number of pyridine rings is 1. The molecule has 2 aromatic heterocycles. The summed E-state index contributed by atoms with van der Waals surface area (Å²) in [6.07, 6.45) is 1.55. The van der Waals surface area contributed by atoms with E-state index in [1.54, 1.807) is 31.3 Å². The number of carbonyl (C=O) groups is 2. The highest BCUT2D eigenvalue weighted by Gasteiger charge is 2.22.